The van der Waals surface area contributed by atoms with Crippen LogP contribution < -0.4 is 14.8 Å². The fourth-order valence-electron chi connectivity index (χ4n) is 3.17. The van der Waals surface area contributed by atoms with Gasteiger partial charge in [-0.3, -0.25) is 10.1 Å². The van der Waals surface area contributed by atoms with Crippen molar-refractivity contribution in [2.45, 2.75) is 112 Å². The summed E-state index contributed by atoms with van der Waals surface area (Å²) in [5.74, 6) is -3.04. The second kappa shape index (κ2) is 16.1. The molecule has 0 fully saturated rings. The number of nitrogens with one attached hydrogen (secondary N) is 1. The predicted molar refractivity (Wildman–Crippen MR) is 147 cm³/mol. The summed E-state index contributed by atoms with van der Waals surface area (Å²) >= 11 is 0. The summed E-state index contributed by atoms with van der Waals surface area (Å²) in [5, 5.41) is 13.2. The zero-order chi connectivity index (χ0) is 30.6. The molecular formula is C29H45NO10. The summed E-state index contributed by atoms with van der Waals surface area (Å²) in [4.78, 5) is 50.3. The molecule has 0 aromatic heterocycles. The average molecular weight is 568 g/mol. The number of hydrogen-bond donors (Lipinski definition) is 2. The number of esters is 1. The van der Waals surface area contributed by atoms with Crippen LogP contribution in [0, 0.1) is 11.8 Å². The van der Waals surface area contributed by atoms with Gasteiger partial charge in [-0.25, -0.2) is 14.4 Å². The first-order valence-electron chi connectivity index (χ1n) is 13.8. The van der Waals surface area contributed by atoms with Crippen molar-refractivity contribution in [1.82, 2.24) is 5.32 Å². The first-order chi connectivity index (χ1) is 18.7. The van der Waals surface area contributed by atoms with E-state index in [2.05, 4.69) is 5.32 Å². The molecule has 0 saturated heterocycles. The monoisotopic (exact) mass is 567 g/mol. The molecule has 11 nitrogen and oxygen atoms in total. The van der Waals surface area contributed by atoms with Gasteiger partial charge in [-0.05, 0) is 63.6 Å². The zero-order valence-electron chi connectivity index (χ0n) is 25.1. The smallest absolute Gasteiger partial charge is 0.477 e. The van der Waals surface area contributed by atoms with Crippen LogP contribution in [0.4, 0.5) is 9.59 Å². The Kier molecular flexibility index (Phi) is 13.9. The standard InChI is InChI=1S/C29H45NO10/c1-10-18(6)30-29(26(32)33,40-25(31)21(9)17(4)5)16-22-13-14-23(38-27(34)36-19(7)11-2)24(15-22)39-28(35)37-20(8)12-3/h13-15,17-21,30H,10-12,16H2,1-9H3,(H,32,33)/t18?,19?,20?,21?,29-/m0/s1. The van der Waals surface area contributed by atoms with E-state index in [1.807, 2.05) is 34.6 Å². The minimum Gasteiger partial charge on any atom is -0.477 e. The molecule has 2 N–H and O–H groups in total. The van der Waals surface area contributed by atoms with Crippen molar-refractivity contribution in [3.8, 4) is 11.5 Å². The third-order valence-electron chi connectivity index (χ3n) is 6.68. The van der Waals surface area contributed by atoms with Crippen LogP contribution in [0.1, 0.15) is 87.1 Å². The molecule has 0 bridgehead atoms. The molecule has 0 saturated carbocycles. The van der Waals surface area contributed by atoms with Crippen LogP contribution in [-0.2, 0) is 30.2 Å². The first kappa shape index (κ1) is 34.7. The van der Waals surface area contributed by atoms with Crippen molar-refractivity contribution in [2.24, 2.45) is 11.8 Å². The van der Waals surface area contributed by atoms with Crippen molar-refractivity contribution >= 4 is 24.2 Å². The van der Waals surface area contributed by atoms with E-state index in [0.717, 1.165) is 0 Å². The molecule has 0 aliphatic rings. The van der Waals surface area contributed by atoms with E-state index < -0.39 is 48.1 Å². The van der Waals surface area contributed by atoms with Gasteiger partial charge in [0.1, 0.15) is 12.2 Å². The summed E-state index contributed by atoms with van der Waals surface area (Å²) in [5.41, 5.74) is -1.81. The number of rotatable bonds is 15. The highest BCUT2D eigenvalue weighted by molar-refractivity contribution is 5.83. The Hall–Kier alpha value is -3.34. The third kappa shape index (κ3) is 10.7. The Morgan fingerprint density at radius 1 is 0.825 bits per heavy atom. The van der Waals surface area contributed by atoms with Gasteiger partial charge in [-0.1, -0.05) is 47.6 Å². The Morgan fingerprint density at radius 3 is 1.80 bits per heavy atom. The molecule has 0 heterocycles. The highest BCUT2D eigenvalue weighted by atomic mass is 16.7. The van der Waals surface area contributed by atoms with E-state index in [-0.39, 0.29) is 29.9 Å². The summed E-state index contributed by atoms with van der Waals surface area (Å²) in [6, 6.07) is 3.83. The fraction of sp³-hybridized carbons (Fsp3) is 0.655. The highest BCUT2D eigenvalue weighted by Crippen LogP contribution is 2.32. The van der Waals surface area contributed by atoms with Crippen molar-refractivity contribution in [2.75, 3.05) is 0 Å². The molecule has 0 aliphatic carbocycles. The SMILES string of the molecule is CCC(C)N[C@@](Cc1ccc(OC(=O)OC(C)CC)c(OC(=O)OC(C)CC)c1)(OC(=O)C(C)C(C)C)C(=O)O. The molecule has 11 heteroatoms. The summed E-state index contributed by atoms with van der Waals surface area (Å²) in [6.07, 6.45) is -1.53. The zero-order valence-corrected chi connectivity index (χ0v) is 25.1. The molecular weight excluding hydrogens is 522 g/mol. The van der Waals surface area contributed by atoms with Crippen LogP contribution in [0.15, 0.2) is 18.2 Å². The number of aliphatic carboxylic acids is 1. The van der Waals surface area contributed by atoms with Gasteiger partial charge in [0, 0.05) is 12.5 Å². The van der Waals surface area contributed by atoms with E-state index in [4.69, 9.17) is 23.7 Å². The molecule has 4 unspecified atom stereocenters. The van der Waals surface area contributed by atoms with Gasteiger partial charge < -0.3 is 28.8 Å². The van der Waals surface area contributed by atoms with Crippen molar-refractivity contribution in [3.05, 3.63) is 23.8 Å². The van der Waals surface area contributed by atoms with Crippen LogP contribution in [0.2, 0.25) is 0 Å². The van der Waals surface area contributed by atoms with Crippen molar-refractivity contribution < 1.29 is 48.0 Å². The van der Waals surface area contributed by atoms with Gasteiger partial charge in [-0.15, -0.1) is 0 Å². The van der Waals surface area contributed by atoms with E-state index in [1.54, 1.807) is 27.7 Å². The molecule has 1 aromatic rings. The Labute approximate surface area is 236 Å². The largest absolute Gasteiger partial charge is 0.514 e. The minimum absolute atomic E-state index is 0.0780. The summed E-state index contributed by atoms with van der Waals surface area (Å²) in [6.45, 7) is 16.0. The van der Waals surface area contributed by atoms with E-state index in [9.17, 15) is 24.3 Å². The fourth-order valence-corrected chi connectivity index (χ4v) is 3.17. The first-order valence-corrected chi connectivity index (χ1v) is 13.8. The number of carbonyl (C=O) groups is 4. The molecule has 0 radical (unpaired) electrons. The lowest BCUT2D eigenvalue weighted by Crippen LogP contribution is -2.60. The van der Waals surface area contributed by atoms with Gasteiger partial charge in [0.15, 0.2) is 11.5 Å². The molecule has 0 aliphatic heterocycles. The number of benzene rings is 1. The maximum atomic E-state index is 12.9. The maximum Gasteiger partial charge on any atom is 0.514 e. The lowest BCUT2D eigenvalue weighted by atomic mass is 9.97. The van der Waals surface area contributed by atoms with Crippen LogP contribution in [0.3, 0.4) is 0 Å². The average Bonchev–Trinajstić information content (AvgIpc) is 2.88. The lowest BCUT2D eigenvalue weighted by molar-refractivity contribution is -0.188. The van der Waals surface area contributed by atoms with Gasteiger partial charge >= 0.3 is 24.2 Å². The number of carboxylic acids is 1. The van der Waals surface area contributed by atoms with Crippen LogP contribution in [0.5, 0.6) is 11.5 Å². The summed E-state index contributed by atoms with van der Waals surface area (Å²) < 4.78 is 26.6. The van der Waals surface area contributed by atoms with Gasteiger partial charge in [0.05, 0.1) is 5.92 Å². The maximum absolute atomic E-state index is 12.9. The third-order valence-corrected chi connectivity index (χ3v) is 6.68. The van der Waals surface area contributed by atoms with Crippen LogP contribution in [-0.4, -0.2) is 53.3 Å². The topological polar surface area (TPSA) is 147 Å². The predicted octanol–water partition coefficient (Wildman–Crippen LogP) is 5.86. The highest BCUT2D eigenvalue weighted by Gasteiger charge is 2.45. The number of carboxylic acid groups (broad SMARTS) is 1. The van der Waals surface area contributed by atoms with E-state index in [1.165, 1.54) is 18.2 Å². The van der Waals surface area contributed by atoms with Gasteiger partial charge in [0.25, 0.3) is 5.72 Å². The molecule has 1 aromatic carbocycles. The second-order valence-electron chi connectivity index (χ2n) is 10.4. The number of hydrogen-bond acceptors (Lipinski definition) is 10. The van der Waals surface area contributed by atoms with E-state index >= 15 is 0 Å². The molecule has 0 amide bonds. The van der Waals surface area contributed by atoms with Crippen LogP contribution in [0.25, 0.3) is 0 Å². The summed E-state index contributed by atoms with van der Waals surface area (Å²) in [7, 11) is 0. The quantitative estimate of drug-likeness (QED) is 0.114. The Morgan fingerprint density at radius 2 is 1.35 bits per heavy atom. The molecule has 40 heavy (non-hydrogen) atoms. The molecule has 226 valence electrons. The van der Waals surface area contributed by atoms with Gasteiger partial charge in [-0.2, -0.15) is 0 Å². The minimum atomic E-state index is -2.12. The second-order valence-corrected chi connectivity index (χ2v) is 10.4. The normalized spacial score (nSPS) is 15.7. The number of carbonyl (C=O) groups excluding carboxylic acids is 3. The molecule has 1 rings (SSSR count). The van der Waals surface area contributed by atoms with Crippen molar-refractivity contribution in [3.63, 3.8) is 0 Å². The Balaban J connectivity index is 3.50. The Bertz CT molecular complexity index is 1010. The number of ether oxygens (including phenoxy) is 5. The lowest BCUT2D eigenvalue weighted by Gasteiger charge is -2.34. The van der Waals surface area contributed by atoms with Gasteiger partial charge in [0.2, 0.25) is 0 Å². The van der Waals surface area contributed by atoms with Crippen molar-refractivity contribution in [1.29, 1.82) is 0 Å². The van der Waals surface area contributed by atoms with E-state index in [0.29, 0.717) is 24.8 Å². The van der Waals surface area contributed by atoms with Crippen LogP contribution >= 0.6 is 0 Å². The molecule has 0 spiro atoms. The molecule has 5 atom stereocenters.